The second-order valence-corrected chi connectivity index (χ2v) is 5.36. The standard InChI is InChI=1S/C15H9ClF3NO3/c1-23-13-8(5-9(17)11(18)12(13)19)15(22)7-4-6(16)2-3-10(7)20-14(15)21/h2-5,22H,1H3,(H,20,21). The summed E-state index contributed by atoms with van der Waals surface area (Å²) in [4.78, 5) is 12.2. The van der Waals surface area contributed by atoms with Crippen molar-refractivity contribution in [2.75, 3.05) is 12.4 Å². The van der Waals surface area contributed by atoms with Crippen LogP contribution in [0.1, 0.15) is 11.1 Å². The largest absolute Gasteiger partial charge is 0.493 e. The number of aliphatic hydroxyl groups is 1. The summed E-state index contributed by atoms with van der Waals surface area (Å²) in [6, 6.07) is 4.69. The zero-order chi connectivity index (χ0) is 16.9. The molecular weight excluding hydrogens is 335 g/mol. The third kappa shape index (κ3) is 2.08. The van der Waals surface area contributed by atoms with Gasteiger partial charge < -0.3 is 15.2 Å². The van der Waals surface area contributed by atoms with Crippen LogP contribution < -0.4 is 10.1 Å². The zero-order valence-corrected chi connectivity index (χ0v) is 12.3. The van der Waals surface area contributed by atoms with Gasteiger partial charge in [0.05, 0.1) is 7.11 Å². The maximum atomic E-state index is 13.9. The highest BCUT2D eigenvalue weighted by Crippen LogP contribution is 2.46. The van der Waals surface area contributed by atoms with E-state index in [1.807, 2.05) is 0 Å². The van der Waals surface area contributed by atoms with E-state index in [1.54, 1.807) is 0 Å². The molecule has 0 saturated heterocycles. The fourth-order valence-corrected chi connectivity index (χ4v) is 2.75. The smallest absolute Gasteiger partial charge is 0.266 e. The van der Waals surface area contributed by atoms with Crippen LogP contribution >= 0.6 is 11.6 Å². The molecule has 1 aliphatic rings. The molecular formula is C15H9ClF3NO3. The highest BCUT2D eigenvalue weighted by atomic mass is 35.5. The monoisotopic (exact) mass is 343 g/mol. The highest BCUT2D eigenvalue weighted by molar-refractivity contribution is 6.31. The van der Waals surface area contributed by atoms with Crippen LogP contribution in [0, 0.1) is 17.5 Å². The first-order valence-electron chi connectivity index (χ1n) is 6.36. The lowest BCUT2D eigenvalue weighted by atomic mass is 9.86. The molecule has 0 radical (unpaired) electrons. The van der Waals surface area contributed by atoms with Crippen molar-refractivity contribution in [3.63, 3.8) is 0 Å². The van der Waals surface area contributed by atoms with Crippen LogP contribution in [0.2, 0.25) is 5.02 Å². The lowest BCUT2D eigenvalue weighted by Gasteiger charge is -2.24. The number of methoxy groups -OCH3 is 1. The van der Waals surface area contributed by atoms with E-state index in [4.69, 9.17) is 16.3 Å². The first kappa shape index (κ1) is 15.6. The summed E-state index contributed by atoms with van der Waals surface area (Å²) in [7, 11) is 1.01. The first-order chi connectivity index (χ1) is 10.8. The van der Waals surface area contributed by atoms with E-state index in [0.29, 0.717) is 6.07 Å². The topological polar surface area (TPSA) is 58.6 Å². The van der Waals surface area contributed by atoms with Gasteiger partial charge in [0.15, 0.2) is 23.0 Å². The van der Waals surface area contributed by atoms with Crippen LogP contribution in [0.3, 0.4) is 0 Å². The molecule has 2 aromatic rings. The molecule has 1 heterocycles. The van der Waals surface area contributed by atoms with Gasteiger partial charge in [-0.25, -0.2) is 8.78 Å². The third-order valence-corrected chi connectivity index (χ3v) is 3.89. The first-order valence-corrected chi connectivity index (χ1v) is 6.74. The Hall–Kier alpha value is -2.25. The van der Waals surface area contributed by atoms with Crippen molar-refractivity contribution in [1.82, 2.24) is 0 Å². The Bertz CT molecular complexity index is 843. The van der Waals surface area contributed by atoms with Gasteiger partial charge in [-0.05, 0) is 24.3 Å². The van der Waals surface area contributed by atoms with Gasteiger partial charge in [0, 0.05) is 21.8 Å². The number of amides is 1. The van der Waals surface area contributed by atoms with Gasteiger partial charge in [-0.15, -0.1) is 0 Å². The lowest BCUT2D eigenvalue weighted by molar-refractivity contribution is -0.129. The third-order valence-electron chi connectivity index (χ3n) is 3.66. The Labute approximate surface area is 133 Å². The number of hydrogen-bond acceptors (Lipinski definition) is 3. The lowest BCUT2D eigenvalue weighted by Crippen LogP contribution is -2.36. The molecule has 1 atom stereocenters. The quantitative estimate of drug-likeness (QED) is 0.824. The highest BCUT2D eigenvalue weighted by Gasteiger charge is 2.50. The van der Waals surface area contributed by atoms with Crippen molar-refractivity contribution in [2.45, 2.75) is 5.60 Å². The van der Waals surface area contributed by atoms with Gasteiger partial charge in [-0.1, -0.05) is 11.6 Å². The molecule has 23 heavy (non-hydrogen) atoms. The van der Waals surface area contributed by atoms with Crippen molar-refractivity contribution in [1.29, 1.82) is 0 Å². The minimum atomic E-state index is -2.47. The van der Waals surface area contributed by atoms with E-state index in [1.165, 1.54) is 18.2 Å². The number of carbonyl (C=O) groups excluding carboxylic acids is 1. The minimum Gasteiger partial charge on any atom is -0.493 e. The molecule has 0 aliphatic carbocycles. The van der Waals surface area contributed by atoms with Gasteiger partial charge in [0.1, 0.15) is 0 Å². The van der Waals surface area contributed by atoms with Crippen LogP contribution in [-0.2, 0) is 10.4 Å². The van der Waals surface area contributed by atoms with E-state index in [2.05, 4.69) is 5.32 Å². The predicted octanol–water partition coefficient (Wildman–Crippen LogP) is 2.95. The van der Waals surface area contributed by atoms with Gasteiger partial charge in [-0.2, -0.15) is 4.39 Å². The van der Waals surface area contributed by atoms with Crippen LogP contribution in [0.5, 0.6) is 5.75 Å². The summed E-state index contributed by atoms with van der Waals surface area (Å²) < 4.78 is 45.7. The number of rotatable bonds is 2. The predicted molar refractivity (Wildman–Crippen MR) is 75.9 cm³/mol. The summed E-state index contributed by atoms with van der Waals surface area (Å²) in [6.45, 7) is 0. The number of benzene rings is 2. The Morgan fingerprint density at radius 1 is 1.17 bits per heavy atom. The molecule has 0 fully saturated rings. The number of hydrogen-bond donors (Lipinski definition) is 2. The molecule has 2 N–H and O–H groups in total. The minimum absolute atomic E-state index is 0.0151. The Morgan fingerprint density at radius 2 is 1.87 bits per heavy atom. The van der Waals surface area contributed by atoms with Crippen molar-refractivity contribution in [3.8, 4) is 5.75 Å². The zero-order valence-electron chi connectivity index (χ0n) is 11.6. The van der Waals surface area contributed by atoms with Gasteiger partial charge >= 0.3 is 0 Å². The fraction of sp³-hybridized carbons (Fsp3) is 0.133. The van der Waals surface area contributed by atoms with Crippen LogP contribution in [-0.4, -0.2) is 18.1 Å². The molecule has 0 bridgehead atoms. The van der Waals surface area contributed by atoms with Crippen molar-refractivity contribution < 1.29 is 27.8 Å². The number of nitrogens with one attached hydrogen (secondary N) is 1. The molecule has 0 spiro atoms. The molecule has 2 aromatic carbocycles. The number of fused-ring (bicyclic) bond motifs is 1. The maximum absolute atomic E-state index is 13.9. The van der Waals surface area contributed by atoms with Gasteiger partial charge in [0.2, 0.25) is 5.82 Å². The molecule has 0 saturated carbocycles. The van der Waals surface area contributed by atoms with Crippen LogP contribution in [0.15, 0.2) is 24.3 Å². The molecule has 1 aliphatic heterocycles. The van der Waals surface area contributed by atoms with E-state index in [0.717, 1.165) is 7.11 Å². The fourth-order valence-electron chi connectivity index (χ4n) is 2.57. The van der Waals surface area contributed by atoms with Crippen LogP contribution in [0.4, 0.5) is 18.9 Å². The second-order valence-electron chi connectivity index (χ2n) is 4.92. The van der Waals surface area contributed by atoms with Crippen molar-refractivity contribution in [2.24, 2.45) is 0 Å². The SMILES string of the molecule is COc1c(C2(O)C(=O)Nc3ccc(Cl)cc32)cc(F)c(F)c1F. The van der Waals surface area contributed by atoms with Crippen molar-refractivity contribution >= 4 is 23.2 Å². The molecule has 3 rings (SSSR count). The number of carbonyl (C=O) groups is 1. The molecule has 8 heteroatoms. The Morgan fingerprint density at radius 3 is 2.52 bits per heavy atom. The maximum Gasteiger partial charge on any atom is 0.266 e. The molecule has 120 valence electrons. The second kappa shape index (κ2) is 5.14. The summed E-state index contributed by atoms with van der Waals surface area (Å²) in [5.41, 5.74) is -2.83. The number of halogens is 4. The average molecular weight is 344 g/mol. The van der Waals surface area contributed by atoms with E-state index < -0.39 is 40.3 Å². The van der Waals surface area contributed by atoms with Crippen molar-refractivity contribution in [3.05, 3.63) is 57.9 Å². The summed E-state index contributed by atoms with van der Waals surface area (Å²) >= 11 is 5.86. The normalized spacial score (nSPS) is 19.5. The summed E-state index contributed by atoms with van der Waals surface area (Å²) in [5, 5.41) is 13.4. The summed E-state index contributed by atoms with van der Waals surface area (Å²) in [5.74, 6) is -6.69. The number of anilines is 1. The van der Waals surface area contributed by atoms with Gasteiger partial charge in [0.25, 0.3) is 5.91 Å². The average Bonchev–Trinajstić information content (AvgIpc) is 2.77. The van der Waals surface area contributed by atoms with E-state index in [-0.39, 0.29) is 16.3 Å². The summed E-state index contributed by atoms with van der Waals surface area (Å²) in [6.07, 6.45) is 0. The molecule has 1 amide bonds. The molecule has 1 unspecified atom stereocenters. The number of ether oxygens (including phenoxy) is 1. The Balaban J connectivity index is 2.35. The Kier molecular flexibility index (Phi) is 3.50. The molecule has 4 nitrogen and oxygen atoms in total. The van der Waals surface area contributed by atoms with Gasteiger partial charge in [-0.3, -0.25) is 4.79 Å². The van der Waals surface area contributed by atoms with E-state index in [9.17, 15) is 23.1 Å². The van der Waals surface area contributed by atoms with Crippen LogP contribution in [0.25, 0.3) is 0 Å². The van der Waals surface area contributed by atoms with E-state index >= 15 is 0 Å². The molecule has 0 aromatic heterocycles.